The number of rotatable bonds is 5. The third-order valence-electron chi connectivity index (χ3n) is 2.93. The van der Waals surface area contributed by atoms with E-state index in [2.05, 4.69) is 29.2 Å². The number of pyridine rings is 1. The fraction of sp³-hybridized carbons (Fsp3) is 0.0556. The first-order valence-corrected chi connectivity index (χ1v) is 7.57. The van der Waals surface area contributed by atoms with Crippen LogP contribution in [0.15, 0.2) is 88.9 Å². The van der Waals surface area contributed by atoms with Crippen LogP contribution in [0.3, 0.4) is 0 Å². The van der Waals surface area contributed by atoms with Gasteiger partial charge in [0.15, 0.2) is 0 Å². The summed E-state index contributed by atoms with van der Waals surface area (Å²) in [6, 6.07) is 24.2. The van der Waals surface area contributed by atoms with E-state index in [1.54, 1.807) is 18.0 Å². The quantitative estimate of drug-likeness (QED) is 0.674. The van der Waals surface area contributed by atoms with Gasteiger partial charge in [0.05, 0.1) is 0 Å². The molecule has 0 bridgehead atoms. The number of hydrogen-bond acceptors (Lipinski definition) is 3. The van der Waals surface area contributed by atoms with Gasteiger partial charge in [-0.15, -0.1) is 0 Å². The highest BCUT2D eigenvalue weighted by Crippen LogP contribution is 2.27. The Labute approximate surface area is 128 Å². The first-order chi connectivity index (χ1) is 10.4. The Hall–Kier alpha value is -2.26. The molecular weight excluding hydrogens is 278 g/mol. The highest BCUT2D eigenvalue weighted by Gasteiger charge is 1.99. The number of hydrogen-bond donors (Lipinski definition) is 0. The Balaban J connectivity index is 1.59. The summed E-state index contributed by atoms with van der Waals surface area (Å²) in [7, 11) is 0. The smallest absolute Gasteiger partial charge is 0.119 e. The molecule has 0 aliphatic heterocycles. The number of ether oxygens (including phenoxy) is 1. The van der Waals surface area contributed by atoms with Crippen molar-refractivity contribution in [3.05, 3.63) is 84.6 Å². The van der Waals surface area contributed by atoms with Gasteiger partial charge in [0.2, 0.25) is 0 Å². The Morgan fingerprint density at radius 1 is 0.810 bits per heavy atom. The fourth-order valence-corrected chi connectivity index (χ4v) is 2.65. The second-order valence-electron chi connectivity index (χ2n) is 4.52. The summed E-state index contributed by atoms with van der Waals surface area (Å²) in [5.74, 6) is 0.879. The topological polar surface area (TPSA) is 22.1 Å². The van der Waals surface area contributed by atoms with Gasteiger partial charge in [-0.3, -0.25) is 0 Å². The van der Waals surface area contributed by atoms with E-state index >= 15 is 0 Å². The summed E-state index contributed by atoms with van der Waals surface area (Å²) >= 11 is 1.64. The molecule has 0 aliphatic carbocycles. The normalized spacial score (nSPS) is 10.3. The van der Waals surface area contributed by atoms with E-state index in [9.17, 15) is 0 Å². The van der Waals surface area contributed by atoms with Crippen LogP contribution in [0.1, 0.15) is 5.56 Å². The van der Waals surface area contributed by atoms with Crippen LogP contribution in [0.25, 0.3) is 0 Å². The van der Waals surface area contributed by atoms with Crippen LogP contribution < -0.4 is 4.74 Å². The van der Waals surface area contributed by atoms with Gasteiger partial charge in [0.1, 0.15) is 17.4 Å². The molecule has 0 saturated heterocycles. The molecule has 3 aromatic rings. The highest BCUT2D eigenvalue weighted by atomic mass is 32.2. The lowest BCUT2D eigenvalue weighted by Gasteiger charge is -2.07. The molecule has 0 unspecified atom stereocenters. The number of nitrogens with zero attached hydrogens (tertiary/aromatic N) is 1. The van der Waals surface area contributed by atoms with Crippen molar-refractivity contribution in [3.63, 3.8) is 0 Å². The fourth-order valence-electron chi connectivity index (χ4n) is 1.87. The molecular formula is C18H15NOS. The van der Waals surface area contributed by atoms with Crippen LogP contribution in [-0.4, -0.2) is 4.98 Å². The molecule has 3 heteroatoms. The lowest BCUT2D eigenvalue weighted by atomic mass is 10.2. The van der Waals surface area contributed by atoms with Crippen molar-refractivity contribution in [3.8, 4) is 5.75 Å². The molecule has 0 radical (unpaired) electrons. The summed E-state index contributed by atoms with van der Waals surface area (Å²) in [5, 5.41) is 0.996. The van der Waals surface area contributed by atoms with Crippen LogP contribution in [0.2, 0.25) is 0 Å². The molecule has 21 heavy (non-hydrogen) atoms. The van der Waals surface area contributed by atoms with Gasteiger partial charge in [0, 0.05) is 11.1 Å². The lowest BCUT2D eigenvalue weighted by Crippen LogP contribution is -1.94. The largest absolute Gasteiger partial charge is 0.489 e. The van der Waals surface area contributed by atoms with E-state index in [1.807, 2.05) is 48.5 Å². The van der Waals surface area contributed by atoms with Crippen molar-refractivity contribution < 1.29 is 4.74 Å². The minimum absolute atomic E-state index is 0.591. The summed E-state index contributed by atoms with van der Waals surface area (Å²) in [4.78, 5) is 5.46. The van der Waals surface area contributed by atoms with Gasteiger partial charge in [-0.2, -0.15) is 0 Å². The average molecular weight is 293 g/mol. The first-order valence-electron chi connectivity index (χ1n) is 6.76. The zero-order valence-corrected chi connectivity index (χ0v) is 12.3. The summed E-state index contributed by atoms with van der Waals surface area (Å²) < 4.78 is 5.77. The number of benzene rings is 2. The molecule has 2 nitrogen and oxygen atoms in total. The van der Waals surface area contributed by atoms with E-state index in [1.165, 1.54) is 5.56 Å². The molecule has 1 aromatic heterocycles. The van der Waals surface area contributed by atoms with E-state index in [4.69, 9.17) is 4.74 Å². The van der Waals surface area contributed by atoms with Gasteiger partial charge in [0.25, 0.3) is 0 Å². The predicted molar refractivity (Wildman–Crippen MR) is 85.6 cm³/mol. The van der Waals surface area contributed by atoms with Crippen molar-refractivity contribution in [1.82, 2.24) is 4.98 Å². The van der Waals surface area contributed by atoms with Crippen LogP contribution >= 0.6 is 11.8 Å². The van der Waals surface area contributed by atoms with Crippen LogP contribution in [0.4, 0.5) is 0 Å². The molecule has 0 aliphatic rings. The molecule has 3 rings (SSSR count). The monoisotopic (exact) mass is 293 g/mol. The highest BCUT2D eigenvalue weighted by molar-refractivity contribution is 7.99. The van der Waals surface area contributed by atoms with E-state index < -0.39 is 0 Å². The number of aromatic nitrogens is 1. The molecule has 0 saturated carbocycles. The van der Waals surface area contributed by atoms with Crippen molar-refractivity contribution in [2.75, 3.05) is 0 Å². The zero-order valence-electron chi connectivity index (χ0n) is 11.5. The molecule has 0 N–H and O–H groups in total. The van der Waals surface area contributed by atoms with Gasteiger partial charge in [-0.05, 0) is 42.0 Å². The third-order valence-corrected chi connectivity index (χ3v) is 3.89. The zero-order chi connectivity index (χ0) is 14.3. The Kier molecular flexibility index (Phi) is 4.54. The summed E-state index contributed by atoms with van der Waals surface area (Å²) in [5.41, 5.74) is 1.17. The standard InChI is InChI=1S/C18H15NOS/c1-2-6-15(7-3-1)14-20-16-9-11-17(12-10-16)21-18-8-4-5-13-19-18/h1-13H,14H2. The molecule has 0 spiro atoms. The van der Waals surface area contributed by atoms with Crippen molar-refractivity contribution in [1.29, 1.82) is 0 Å². The van der Waals surface area contributed by atoms with Crippen LogP contribution in [0.5, 0.6) is 5.75 Å². The van der Waals surface area contributed by atoms with E-state index in [0.717, 1.165) is 15.7 Å². The van der Waals surface area contributed by atoms with E-state index in [0.29, 0.717) is 6.61 Å². The van der Waals surface area contributed by atoms with Gasteiger partial charge in [-0.1, -0.05) is 48.2 Å². The molecule has 0 fully saturated rings. The maximum Gasteiger partial charge on any atom is 0.119 e. The van der Waals surface area contributed by atoms with Crippen molar-refractivity contribution in [2.24, 2.45) is 0 Å². The minimum atomic E-state index is 0.591. The Morgan fingerprint density at radius 2 is 1.57 bits per heavy atom. The van der Waals surface area contributed by atoms with Gasteiger partial charge in [-0.25, -0.2) is 4.98 Å². The van der Waals surface area contributed by atoms with Gasteiger partial charge < -0.3 is 4.74 Å². The third kappa shape index (κ3) is 4.10. The molecule has 0 amide bonds. The molecule has 0 atom stereocenters. The van der Waals surface area contributed by atoms with Crippen molar-refractivity contribution in [2.45, 2.75) is 16.5 Å². The SMILES string of the molecule is c1ccc(COc2ccc(Sc3ccccn3)cc2)cc1. The second kappa shape index (κ2) is 6.95. The van der Waals surface area contributed by atoms with Crippen LogP contribution in [0, 0.1) is 0 Å². The van der Waals surface area contributed by atoms with Crippen molar-refractivity contribution >= 4 is 11.8 Å². The molecule has 104 valence electrons. The minimum Gasteiger partial charge on any atom is -0.489 e. The van der Waals surface area contributed by atoms with Gasteiger partial charge >= 0.3 is 0 Å². The van der Waals surface area contributed by atoms with E-state index in [-0.39, 0.29) is 0 Å². The predicted octanol–water partition coefficient (Wildman–Crippen LogP) is 4.81. The average Bonchev–Trinajstić information content (AvgIpc) is 2.56. The maximum absolute atomic E-state index is 5.77. The van der Waals surface area contributed by atoms with Crippen LogP contribution in [-0.2, 0) is 6.61 Å². The maximum atomic E-state index is 5.77. The Bertz CT molecular complexity index is 669. The second-order valence-corrected chi connectivity index (χ2v) is 5.61. The first kappa shape index (κ1) is 13.7. The Morgan fingerprint density at radius 3 is 2.29 bits per heavy atom. The lowest BCUT2D eigenvalue weighted by molar-refractivity contribution is 0.306. The molecule has 2 aromatic carbocycles. The summed E-state index contributed by atoms with van der Waals surface area (Å²) in [6.07, 6.45) is 1.81. The molecule has 1 heterocycles. The summed E-state index contributed by atoms with van der Waals surface area (Å²) in [6.45, 7) is 0.591.